The summed E-state index contributed by atoms with van der Waals surface area (Å²) in [6.45, 7) is 11.6. The second-order valence-corrected chi connectivity index (χ2v) is 12.4. The Morgan fingerprint density at radius 1 is 1.06 bits per heavy atom. The predicted octanol–water partition coefficient (Wildman–Crippen LogP) is 3.20. The highest BCUT2D eigenvalue weighted by molar-refractivity contribution is 6.91. The van der Waals surface area contributed by atoms with Crippen LogP contribution in [0.5, 0.6) is 0 Å². The van der Waals surface area contributed by atoms with Gasteiger partial charge in [0, 0.05) is 0 Å². The van der Waals surface area contributed by atoms with E-state index in [1.165, 1.54) is 11.2 Å². The van der Waals surface area contributed by atoms with E-state index in [0.717, 1.165) is 0 Å². The summed E-state index contributed by atoms with van der Waals surface area (Å²) in [6, 6.07) is 12.2. The largest absolute Gasteiger partial charge is 0.457 e. The van der Waals surface area contributed by atoms with E-state index in [1.54, 1.807) is 0 Å². The third-order valence-corrected chi connectivity index (χ3v) is 11.3. The summed E-state index contributed by atoms with van der Waals surface area (Å²) < 4.78 is 6.57. The van der Waals surface area contributed by atoms with Gasteiger partial charge in [-0.05, 0) is 22.3 Å². The number of benzene rings is 1. The predicted molar refractivity (Wildman–Crippen MR) is 82.1 cm³/mol. The van der Waals surface area contributed by atoms with Crippen molar-refractivity contribution in [2.24, 2.45) is 0 Å². The van der Waals surface area contributed by atoms with Crippen LogP contribution in [0.2, 0.25) is 17.1 Å². The Hall–Kier alpha value is -0.386. The molecule has 1 nitrogen and oxygen atoms in total. The molecule has 1 aromatic carbocycles. The summed E-state index contributed by atoms with van der Waals surface area (Å²) in [6.07, 6.45) is 0. The van der Waals surface area contributed by atoms with Gasteiger partial charge in [0.2, 0.25) is 8.32 Å². The molecule has 96 valence electrons. The first kappa shape index (κ1) is 14.7. The Morgan fingerprint density at radius 3 is 2.00 bits per heavy atom. The Kier molecular flexibility index (Phi) is 5.63. The van der Waals surface area contributed by atoms with Gasteiger partial charge in [0.05, 0.1) is 0 Å². The lowest BCUT2D eigenvalue weighted by molar-refractivity contribution is 0.545. The van der Waals surface area contributed by atoms with E-state index >= 15 is 0 Å². The van der Waals surface area contributed by atoms with E-state index in [9.17, 15) is 0 Å². The van der Waals surface area contributed by atoms with E-state index in [2.05, 4.69) is 65.0 Å². The summed E-state index contributed by atoms with van der Waals surface area (Å²) in [5, 5.41) is 1.48. The lowest BCUT2D eigenvalue weighted by Crippen LogP contribution is -2.56. The molecule has 0 unspecified atom stereocenters. The fraction of sp³-hybridized carbons (Fsp3) is 0.571. The van der Waals surface area contributed by atoms with E-state index < -0.39 is 8.32 Å². The van der Waals surface area contributed by atoms with Crippen LogP contribution < -0.4 is 5.19 Å². The van der Waals surface area contributed by atoms with Gasteiger partial charge in [-0.15, -0.1) is 0 Å². The monoisotopic (exact) mass is 266 g/mol. The third kappa shape index (κ3) is 3.09. The van der Waals surface area contributed by atoms with Crippen molar-refractivity contribution >= 4 is 23.3 Å². The van der Waals surface area contributed by atoms with Crippen LogP contribution in [-0.4, -0.2) is 18.1 Å². The highest BCUT2D eigenvalue weighted by Crippen LogP contribution is 2.32. The van der Waals surface area contributed by atoms with Crippen molar-refractivity contribution < 1.29 is 4.12 Å². The van der Waals surface area contributed by atoms with Crippen molar-refractivity contribution in [3.63, 3.8) is 0 Å². The zero-order chi connectivity index (χ0) is 12.9. The standard InChI is InChI=1S/C14H26OSi2/c1-6-16-15-17(12(2)3,13(4)5)14-10-8-7-9-11-14/h7-13H,6,16H2,1-5H3. The van der Waals surface area contributed by atoms with Crippen molar-refractivity contribution in [3.05, 3.63) is 30.3 Å². The first-order chi connectivity index (χ1) is 8.05. The van der Waals surface area contributed by atoms with Gasteiger partial charge < -0.3 is 4.12 Å². The van der Waals surface area contributed by atoms with Crippen molar-refractivity contribution in [3.8, 4) is 0 Å². The minimum absolute atomic E-state index is 0.350. The minimum atomic E-state index is -1.79. The van der Waals surface area contributed by atoms with Crippen LogP contribution in [0.1, 0.15) is 34.6 Å². The summed E-state index contributed by atoms with van der Waals surface area (Å²) >= 11 is 0. The van der Waals surface area contributed by atoms with Gasteiger partial charge in [0.1, 0.15) is 9.76 Å². The summed E-state index contributed by atoms with van der Waals surface area (Å²) in [4.78, 5) is 0. The molecule has 0 radical (unpaired) electrons. The molecule has 0 heterocycles. The molecule has 0 spiro atoms. The summed E-state index contributed by atoms with van der Waals surface area (Å²) in [5.41, 5.74) is 1.29. The molecule has 17 heavy (non-hydrogen) atoms. The lowest BCUT2D eigenvalue weighted by atomic mass is 10.4. The van der Waals surface area contributed by atoms with Crippen LogP contribution in [0.4, 0.5) is 0 Å². The van der Waals surface area contributed by atoms with Crippen LogP contribution in [0, 0.1) is 0 Å². The molecule has 0 saturated heterocycles. The van der Waals surface area contributed by atoms with Crippen LogP contribution in [-0.2, 0) is 4.12 Å². The molecule has 3 heteroatoms. The van der Waals surface area contributed by atoms with Crippen LogP contribution in [0.3, 0.4) is 0 Å². The van der Waals surface area contributed by atoms with Crippen molar-refractivity contribution in [1.29, 1.82) is 0 Å². The fourth-order valence-corrected chi connectivity index (χ4v) is 11.6. The molecular weight excluding hydrogens is 240 g/mol. The second-order valence-electron chi connectivity index (χ2n) is 5.32. The number of rotatable bonds is 6. The van der Waals surface area contributed by atoms with Gasteiger partial charge in [-0.1, -0.05) is 65.0 Å². The molecule has 1 rings (SSSR count). The van der Waals surface area contributed by atoms with Crippen LogP contribution in [0.25, 0.3) is 0 Å². The Labute approximate surface area is 110 Å². The van der Waals surface area contributed by atoms with E-state index in [-0.39, 0.29) is 9.76 Å². The van der Waals surface area contributed by atoms with Gasteiger partial charge in [-0.25, -0.2) is 0 Å². The number of hydrogen-bond donors (Lipinski definition) is 0. The molecule has 0 aromatic heterocycles. The summed E-state index contributed by atoms with van der Waals surface area (Å²) in [7, 11) is -2.14. The van der Waals surface area contributed by atoms with Crippen molar-refractivity contribution in [2.75, 3.05) is 0 Å². The van der Waals surface area contributed by atoms with E-state index in [4.69, 9.17) is 4.12 Å². The fourth-order valence-electron chi connectivity index (χ4n) is 2.72. The van der Waals surface area contributed by atoms with E-state index in [1.807, 2.05) is 0 Å². The average Bonchev–Trinajstić information content (AvgIpc) is 2.30. The Bertz CT molecular complexity index is 314. The highest BCUT2D eigenvalue weighted by Gasteiger charge is 2.43. The van der Waals surface area contributed by atoms with Crippen molar-refractivity contribution in [2.45, 2.75) is 51.7 Å². The zero-order valence-electron chi connectivity index (χ0n) is 11.9. The molecule has 0 saturated carbocycles. The second kappa shape index (κ2) is 6.52. The molecule has 0 bridgehead atoms. The Morgan fingerprint density at radius 2 is 1.59 bits per heavy atom. The smallest absolute Gasteiger partial charge is 0.217 e. The Balaban J connectivity index is 3.15. The molecular formula is C14H26OSi2. The molecule has 1 aromatic rings. The molecule has 0 N–H and O–H groups in total. The maximum Gasteiger partial charge on any atom is 0.217 e. The zero-order valence-corrected chi connectivity index (χ0v) is 14.3. The van der Waals surface area contributed by atoms with Gasteiger partial charge in [-0.2, -0.15) is 0 Å². The van der Waals surface area contributed by atoms with E-state index in [0.29, 0.717) is 11.1 Å². The van der Waals surface area contributed by atoms with Crippen LogP contribution >= 0.6 is 0 Å². The SMILES string of the molecule is CC[SiH2]O[Si](c1ccccc1)(C(C)C)C(C)C. The maximum absolute atomic E-state index is 6.57. The third-order valence-electron chi connectivity index (χ3n) is 3.49. The first-order valence-corrected chi connectivity index (χ1v) is 10.4. The molecule has 0 amide bonds. The highest BCUT2D eigenvalue weighted by atomic mass is 28.4. The molecule has 0 aliphatic carbocycles. The lowest BCUT2D eigenvalue weighted by Gasteiger charge is -2.39. The van der Waals surface area contributed by atoms with Gasteiger partial charge in [-0.3, -0.25) is 0 Å². The topological polar surface area (TPSA) is 9.23 Å². The average molecular weight is 267 g/mol. The normalized spacial score (nSPS) is 13.1. The van der Waals surface area contributed by atoms with Gasteiger partial charge in [0.15, 0.2) is 0 Å². The molecule has 0 aliphatic heterocycles. The maximum atomic E-state index is 6.57. The van der Waals surface area contributed by atoms with Gasteiger partial charge in [0.25, 0.3) is 0 Å². The molecule has 0 aliphatic rings. The number of hydrogen-bond acceptors (Lipinski definition) is 1. The van der Waals surface area contributed by atoms with Crippen molar-refractivity contribution in [1.82, 2.24) is 0 Å². The first-order valence-electron chi connectivity index (χ1n) is 6.75. The molecule has 0 atom stereocenters. The van der Waals surface area contributed by atoms with Gasteiger partial charge >= 0.3 is 0 Å². The molecule has 0 fully saturated rings. The quantitative estimate of drug-likeness (QED) is 0.719. The van der Waals surface area contributed by atoms with Crippen LogP contribution in [0.15, 0.2) is 30.3 Å². The minimum Gasteiger partial charge on any atom is -0.457 e. The summed E-state index contributed by atoms with van der Waals surface area (Å²) in [5.74, 6) is 0.